The Morgan fingerprint density at radius 3 is 2.78 bits per heavy atom. The minimum absolute atomic E-state index is 0.0803. The number of hydrogen-bond donors (Lipinski definition) is 2. The smallest absolute Gasteiger partial charge is 0.305 e. The standard InChI is InChI=1S/C12H21NO5/c1-8(6-11(14)15)13-12(16)9(2)18-7-10-4-3-5-17-10/h8-10H,3-7H2,1-2H3,(H,13,16)(H,14,15). The summed E-state index contributed by atoms with van der Waals surface area (Å²) in [5.41, 5.74) is 0. The van der Waals surface area contributed by atoms with Crippen LogP contribution >= 0.6 is 0 Å². The molecule has 1 fully saturated rings. The first-order valence-electron chi connectivity index (χ1n) is 6.24. The molecule has 1 rings (SSSR count). The SMILES string of the molecule is CC(CC(=O)O)NC(=O)C(C)OCC1CCCO1. The zero-order valence-corrected chi connectivity index (χ0v) is 10.8. The van der Waals surface area contributed by atoms with Gasteiger partial charge in [-0.05, 0) is 26.7 Å². The summed E-state index contributed by atoms with van der Waals surface area (Å²) < 4.78 is 10.8. The fourth-order valence-electron chi connectivity index (χ4n) is 1.78. The van der Waals surface area contributed by atoms with Crippen LogP contribution in [0.2, 0.25) is 0 Å². The number of rotatable bonds is 7. The van der Waals surface area contributed by atoms with E-state index in [1.54, 1.807) is 13.8 Å². The molecule has 1 heterocycles. The van der Waals surface area contributed by atoms with E-state index in [0.29, 0.717) is 6.61 Å². The van der Waals surface area contributed by atoms with Crippen LogP contribution in [0.4, 0.5) is 0 Å². The van der Waals surface area contributed by atoms with Crippen molar-refractivity contribution in [3.8, 4) is 0 Å². The summed E-state index contributed by atoms with van der Waals surface area (Å²) in [6.45, 7) is 4.46. The molecule has 6 heteroatoms. The summed E-state index contributed by atoms with van der Waals surface area (Å²) in [6, 6.07) is -0.399. The van der Waals surface area contributed by atoms with Gasteiger partial charge in [0, 0.05) is 12.6 Å². The van der Waals surface area contributed by atoms with Crippen molar-refractivity contribution < 1.29 is 24.2 Å². The Balaban J connectivity index is 2.21. The maximum Gasteiger partial charge on any atom is 0.305 e. The van der Waals surface area contributed by atoms with Crippen molar-refractivity contribution in [2.75, 3.05) is 13.2 Å². The van der Waals surface area contributed by atoms with Crippen LogP contribution in [-0.4, -0.2) is 48.4 Å². The van der Waals surface area contributed by atoms with Crippen LogP contribution in [-0.2, 0) is 19.1 Å². The summed E-state index contributed by atoms with van der Waals surface area (Å²) in [4.78, 5) is 22.1. The number of hydrogen-bond acceptors (Lipinski definition) is 4. The van der Waals surface area contributed by atoms with Crippen molar-refractivity contribution in [2.24, 2.45) is 0 Å². The molecule has 0 aromatic carbocycles. The van der Waals surface area contributed by atoms with E-state index in [9.17, 15) is 9.59 Å². The average Bonchev–Trinajstić information content (AvgIpc) is 2.77. The number of carboxylic acid groups (broad SMARTS) is 1. The Hall–Kier alpha value is -1.14. The van der Waals surface area contributed by atoms with Gasteiger partial charge in [-0.25, -0.2) is 0 Å². The van der Waals surface area contributed by atoms with Gasteiger partial charge in [-0.15, -0.1) is 0 Å². The second kappa shape index (κ2) is 7.33. The first kappa shape index (κ1) is 14.9. The highest BCUT2D eigenvalue weighted by atomic mass is 16.5. The number of carbonyl (C=O) groups excluding carboxylic acids is 1. The molecule has 0 spiro atoms. The van der Waals surface area contributed by atoms with Crippen LogP contribution in [0.1, 0.15) is 33.1 Å². The van der Waals surface area contributed by atoms with Crippen molar-refractivity contribution in [2.45, 2.75) is 51.4 Å². The van der Waals surface area contributed by atoms with Gasteiger partial charge in [0.05, 0.1) is 19.1 Å². The molecule has 1 saturated heterocycles. The molecular weight excluding hydrogens is 238 g/mol. The third kappa shape index (κ3) is 5.46. The summed E-state index contributed by atoms with van der Waals surface area (Å²) in [6.07, 6.45) is 1.39. The lowest BCUT2D eigenvalue weighted by atomic mass is 10.2. The molecule has 0 aromatic heterocycles. The zero-order valence-electron chi connectivity index (χ0n) is 10.8. The van der Waals surface area contributed by atoms with Gasteiger partial charge in [0.15, 0.2) is 0 Å². The Labute approximate surface area is 107 Å². The molecule has 1 aliphatic heterocycles. The molecule has 0 aromatic rings. The number of amides is 1. The van der Waals surface area contributed by atoms with Crippen LogP contribution in [0.15, 0.2) is 0 Å². The minimum atomic E-state index is -0.935. The van der Waals surface area contributed by atoms with Crippen molar-refractivity contribution in [1.82, 2.24) is 5.32 Å². The molecule has 3 unspecified atom stereocenters. The molecule has 104 valence electrons. The van der Waals surface area contributed by atoms with Gasteiger partial charge in [0.2, 0.25) is 5.91 Å². The molecule has 1 amide bonds. The number of nitrogens with one attached hydrogen (secondary N) is 1. The van der Waals surface area contributed by atoms with Crippen molar-refractivity contribution in [3.63, 3.8) is 0 Å². The van der Waals surface area contributed by atoms with E-state index in [1.165, 1.54) is 0 Å². The normalized spacial score (nSPS) is 22.4. The number of carbonyl (C=O) groups is 2. The molecule has 0 bridgehead atoms. The highest BCUT2D eigenvalue weighted by Crippen LogP contribution is 2.12. The maximum absolute atomic E-state index is 11.7. The van der Waals surface area contributed by atoms with Gasteiger partial charge in [-0.3, -0.25) is 9.59 Å². The van der Waals surface area contributed by atoms with Gasteiger partial charge in [0.25, 0.3) is 0 Å². The Morgan fingerprint density at radius 2 is 2.22 bits per heavy atom. The predicted octanol–water partition coefficient (Wildman–Crippen LogP) is 0.550. The average molecular weight is 259 g/mol. The number of aliphatic carboxylic acids is 1. The first-order valence-corrected chi connectivity index (χ1v) is 6.24. The molecular formula is C12H21NO5. The lowest BCUT2D eigenvalue weighted by molar-refractivity contribution is -0.138. The maximum atomic E-state index is 11.7. The van der Waals surface area contributed by atoms with E-state index >= 15 is 0 Å². The third-order valence-electron chi connectivity index (χ3n) is 2.79. The van der Waals surface area contributed by atoms with Gasteiger partial charge in [-0.2, -0.15) is 0 Å². The van der Waals surface area contributed by atoms with E-state index in [-0.39, 0.29) is 18.4 Å². The highest BCUT2D eigenvalue weighted by Gasteiger charge is 2.21. The Morgan fingerprint density at radius 1 is 1.50 bits per heavy atom. The molecule has 0 aliphatic carbocycles. The molecule has 1 aliphatic rings. The molecule has 2 N–H and O–H groups in total. The summed E-state index contributed by atoms with van der Waals surface area (Å²) in [5.74, 6) is -1.22. The lowest BCUT2D eigenvalue weighted by Crippen LogP contribution is -2.41. The van der Waals surface area contributed by atoms with Crippen LogP contribution in [0.25, 0.3) is 0 Å². The van der Waals surface area contributed by atoms with E-state index in [2.05, 4.69) is 5.32 Å². The van der Waals surface area contributed by atoms with Gasteiger partial charge in [-0.1, -0.05) is 0 Å². The fourth-order valence-corrected chi connectivity index (χ4v) is 1.78. The van der Waals surface area contributed by atoms with E-state index in [4.69, 9.17) is 14.6 Å². The minimum Gasteiger partial charge on any atom is -0.481 e. The zero-order chi connectivity index (χ0) is 13.5. The van der Waals surface area contributed by atoms with Gasteiger partial charge >= 0.3 is 5.97 Å². The second-order valence-electron chi connectivity index (χ2n) is 4.62. The van der Waals surface area contributed by atoms with Gasteiger partial charge in [0.1, 0.15) is 6.10 Å². The van der Waals surface area contributed by atoms with E-state index < -0.39 is 18.1 Å². The molecule has 3 atom stereocenters. The third-order valence-corrected chi connectivity index (χ3v) is 2.79. The number of carboxylic acids is 1. The molecule has 18 heavy (non-hydrogen) atoms. The lowest BCUT2D eigenvalue weighted by Gasteiger charge is -2.18. The van der Waals surface area contributed by atoms with Crippen LogP contribution in [0.3, 0.4) is 0 Å². The van der Waals surface area contributed by atoms with E-state index in [0.717, 1.165) is 19.4 Å². The monoisotopic (exact) mass is 259 g/mol. The summed E-state index contributed by atoms with van der Waals surface area (Å²) >= 11 is 0. The largest absolute Gasteiger partial charge is 0.481 e. The summed E-state index contributed by atoms with van der Waals surface area (Å²) in [5, 5.41) is 11.2. The van der Waals surface area contributed by atoms with Crippen molar-refractivity contribution >= 4 is 11.9 Å². The number of ether oxygens (including phenoxy) is 2. The van der Waals surface area contributed by atoms with Crippen LogP contribution in [0, 0.1) is 0 Å². The fraction of sp³-hybridized carbons (Fsp3) is 0.833. The molecule has 6 nitrogen and oxygen atoms in total. The predicted molar refractivity (Wildman–Crippen MR) is 64.2 cm³/mol. The first-order chi connectivity index (χ1) is 8.49. The quantitative estimate of drug-likeness (QED) is 0.697. The second-order valence-corrected chi connectivity index (χ2v) is 4.62. The highest BCUT2D eigenvalue weighted by molar-refractivity contribution is 5.81. The Bertz CT molecular complexity index is 288. The van der Waals surface area contributed by atoms with Crippen molar-refractivity contribution in [1.29, 1.82) is 0 Å². The molecule has 0 radical (unpaired) electrons. The van der Waals surface area contributed by atoms with Gasteiger partial charge < -0.3 is 19.9 Å². The molecule has 0 saturated carbocycles. The van der Waals surface area contributed by atoms with E-state index in [1.807, 2.05) is 0 Å². The van der Waals surface area contributed by atoms with Crippen LogP contribution < -0.4 is 5.32 Å². The Kier molecular flexibility index (Phi) is 6.07. The van der Waals surface area contributed by atoms with Crippen LogP contribution in [0.5, 0.6) is 0 Å². The topological polar surface area (TPSA) is 84.9 Å². The van der Waals surface area contributed by atoms with Crippen molar-refractivity contribution in [3.05, 3.63) is 0 Å². The summed E-state index contributed by atoms with van der Waals surface area (Å²) in [7, 11) is 0.